The van der Waals surface area contributed by atoms with E-state index in [1.807, 2.05) is 13.8 Å². The zero-order valence-electron chi connectivity index (χ0n) is 16.4. The van der Waals surface area contributed by atoms with Crippen molar-refractivity contribution in [2.75, 3.05) is 13.7 Å². The second-order valence-corrected chi connectivity index (χ2v) is 8.44. The average Bonchev–Trinajstić information content (AvgIpc) is 2.67. The first-order valence-corrected chi connectivity index (χ1v) is 10.7. The molecule has 2 aromatic rings. The normalized spacial score (nSPS) is 12.4. The van der Waals surface area contributed by atoms with Crippen molar-refractivity contribution in [2.45, 2.75) is 37.8 Å². The highest BCUT2D eigenvalue weighted by molar-refractivity contribution is 7.87. The van der Waals surface area contributed by atoms with Gasteiger partial charge in [0.05, 0.1) is 0 Å². The summed E-state index contributed by atoms with van der Waals surface area (Å²) in [5.41, 5.74) is 0.424. The highest BCUT2D eigenvalue weighted by Crippen LogP contribution is 2.28. The van der Waals surface area contributed by atoms with E-state index in [0.717, 1.165) is 24.3 Å². The summed E-state index contributed by atoms with van der Waals surface area (Å²) in [5, 5.41) is 0.370. The molecule has 0 aliphatic rings. The first kappa shape index (κ1) is 23.1. The predicted octanol–water partition coefficient (Wildman–Crippen LogP) is 4.02. The van der Waals surface area contributed by atoms with E-state index >= 15 is 0 Å². The largest absolute Gasteiger partial charge is 0.379 e. The SMILES string of the molecule is CC[C@@H](C)N(Cc1cc(Cl)ccc1OS(=O)(=O)c1ccc(F)cc1)C(=O)COC. The molecule has 29 heavy (non-hydrogen) atoms. The number of hydrogen-bond acceptors (Lipinski definition) is 5. The summed E-state index contributed by atoms with van der Waals surface area (Å²) in [4.78, 5) is 13.8. The van der Waals surface area contributed by atoms with Crippen LogP contribution in [0.5, 0.6) is 5.75 Å². The highest BCUT2D eigenvalue weighted by atomic mass is 35.5. The van der Waals surface area contributed by atoms with Crippen LogP contribution in [0.15, 0.2) is 47.4 Å². The molecular weight excluding hydrogens is 421 g/mol. The second-order valence-electron chi connectivity index (χ2n) is 6.46. The van der Waals surface area contributed by atoms with E-state index in [1.165, 1.54) is 19.2 Å². The molecule has 9 heteroatoms. The third-order valence-electron chi connectivity index (χ3n) is 4.38. The maximum Gasteiger partial charge on any atom is 0.339 e. The van der Waals surface area contributed by atoms with Gasteiger partial charge in [0, 0.05) is 30.3 Å². The number of methoxy groups -OCH3 is 1. The van der Waals surface area contributed by atoms with Crippen molar-refractivity contribution < 1.29 is 26.5 Å². The van der Waals surface area contributed by atoms with Crippen molar-refractivity contribution in [3.63, 3.8) is 0 Å². The molecule has 2 rings (SSSR count). The van der Waals surface area contributed by atoms with Crippen molar-refractivity contribution in [3.8, 4) is 5.75 Å². The van der Waals surface area contributed by atoms with Gasteiger partial charge in [0.1, 0.15) is 23.1 Å². The van der Waals surface area contributed by atoms with Gasteiger partial charge in [0.2, 0.25) is 5.91 Å². The molecule has 0 aromatic heterocycles. The molecule has 1 atom stereocenters. The number of carbonyl (C=O) groups excluding carboxylic acids is 1. The molecular formula is C20H23ClFNO5S. The lowest BCUT2D eigenvalue weighted by Crippen LogP contribution is -2.40. The van der Waals surface area contributed by atoms with E-state index in [2.05, 4.69) is 0 Å². The summed E-state index contributed by atoms with van der Waals surface area (Å²) < 4.78 is 48.5. The molecule has 158 valence electrons. The van der Waals surface area contributed by atoms with Gasteiger partial charge in [-0.1, -0.05) is 18.5 Å². The Morgan fingerprint density at radius 1 is 1.21 bits per heavy atom. The lowest BCUT2D eigenvalue weighted by molar-refractivity contribution is -0.138. The fourth-order valence-corrected chi connectivity index (χ4v) is 3.78. The van der Waals surface area contributed by atoms with E-state index in [-0.39, 0.29) is 35.7 Å². The summed E-state index contributed by atoms with van der Waals surface area (Å²) in [7, 11) is -2.77. The third kappa shape index (κ3) is 6.16. The zero-order valence-corrected chi connectivity index (χ0v) is 18.0. The number of rotatable bonds is 9. The molecule has 0 heterocycles. The van der Waals surface area contributed by atoms with Gasteiger partial charge in [-0.15, -0.1) is 0 Å². The van der Waals surface area contributed by atoms with Gasteiger partial charge in [0.25, 0.3) is 0 Å². The minimum Gasteiger partial charge on any atom is -0.379 e. The number of amides is 1. The van der Waals surface area contributed by atoms with Crippen LogP contribution in [-0.2, 0) is 26.2 Å². The van der Waals surface area contributed by atoms with Crippen LogP contribution in [0.4, 0.5) is 4.39 Å². The summed E-state index contributed by atoms with van der Waals surface area (Å²) in [5.74, 6) is -0.761. The van der Waals surface area contributed by atoms with Gasteiger partial charge >= 0.3 is 10.1 Å². The molecule has 6 nitrogen and oxygen atoms in total. The van der Waals surface area contributed by atoms with E-state index in [4.69, 9.17) is 20.5 Å². The third-order valence-corrected chi connectivity index (χ3v) is 5.86. The molecule has 2 aromatic carbocycles. The quantitative estimate of drug-likeness (QED) is 0.547. The fraction of sp³-hybridized carbons (Fsp3) is 0.350. The van der Waals surface area contributed by atoms with Crippen LogP contribution in [0.1, 0.15) is 25.8 Å². The van der Waals surface area contributed by atoms with Gasteiger partial charge in [-0.3, -0.25) is 4.79 Å². The Bertz CT molecular complexity index is 950. The summed E-state index contributed by atoms with van der Waals surface area (Å²) in [6.45, 7) is 3.81. The fourth-order valence-electron chi connectivity index (χ4n) is 2.62. The number of nitrogens with zero attached hydrogens (tertiary/aromatic N) is 1. The molecule has 0 unspecified atom stereocenters. The Kier molecular flexibility index (Phi) is 8.01. The van der Waals surface area contributed by atoms with Crippen LogP contribution in [-0.4, -0.2) is 39.0 Å². The molecule has 1 amide bonds. The first-order valence-electron chi connectivity index (χ1n) is 8.94. The topological polar surface area (TPSA) is 72.9 Å². The van der Waals surface area contributed by atoms with E-state index < -0.39 is 15.9 Å². The van der Waals surface area contributed by atoms with E-state index in [0.29, 0.717) is 17.0 Å². The lowest BCUT2D eigenvalue weighted by atomic mass is 10.1. The molecule has 0 fully saturated rings. The van der Waals surface area contributed by atoms with Gasteiger partial charge in [0.15, 0.2) is 0 Å². The maximum atomic E-state index is 13.1. The van der Waals surface area contributed by atoms with Crippen molar-refractivity contribution in [2.24, 2.45) is 0 Å². The van der Waals surface area contributed by atoms with Gasteiger partial charge in [-0.2, -0.15) is 8.42 Å². The van der Waals surface area contributed by atoms with Crippen LogP contribution in [0.25, 0.3) is 0 Å². The van der Waals surface area contributed by atoms with Crippen LogP contribution in [0.3, 0.4) is 0 Å². The molecule has 0 spiro atoms. The number of ether oxygens (including phenoxy) is 1. The average molecular weight is 444 g/mol. The molecule has 0 saturated carbocycles. The van der Waals surface area contributed by atoms with Gasteiger partial charge in [-0.25, -0.2) is 4.39 Å². The Labute approximate surface area is 175 Å². The van der Waals surface area contributed by atoms with Crippen LogP contribution < -0.4 is 4.18 Å². The monoisotopic (exact) mass is 443 g/mol. The molecule has 0 saturated heterocycles. The van der Waals surface area contributed by atoms with Crippen LogP contribution in [0, 0.1) is 5.82 Å². The molecule has 0 N–H and O–H groups in total. The van der Waals surface area contributed by atoms with Gasteiger partial charge < -0.3 is 13.8 Å². The van der Waals surface area contributed by atoms with Crippen molar-refractivity contribution in [1.29, 1.82) is 0 Å². The van der Waals surface area contributed by atoms with E-state index in [1.54, 1.807) is 11.0 Å². The zero-order chi connectivity index (χ0) is 21.6. The molecule has 0 aliphatic carbocycles. The van der Waals surface area contributed by atoms with E-state index in [9.17, 15) is 17.6 Å². The molecule has 0 aliphatic heterocycles. The minimum absolute atomic E-state index is 0.0391. The standard InChI is InChI=1S/C20H23ClFNO5S/c1-4-14(2)23(20(24)13-27-3)12-15-11-16(21)5-10-19(15)28-29(25,26)18-8-6-17(22)7-9-18/h5-11,14H,4,12-13H2,1-3H3/t14-/m1/s1. The van der Waals surface area contributed by atoms with Gasteiger partial charge in [-0.05, 0) is 55.8 Å². The Morgan fingerprint density at radius 3 is 2.45 bits per heavy atom. The first-order chi connectivity index (χ1) is 13.7. The lowest BCUT2D eigenvalue weighted by Gasteiger charge is -2.29. The predicted molar refractivity (Wildman–Crippen MR) is 108 cm³/mol. The van der Waals surface area contributed by atoms with Crippen LogP contribution >= 0.6 is 11.6 Å². The molecule has 0 bridgehead atoms. The summed E-state index contributed by atoms with van der Waals surface area (Å²) in [6.07, 6.45) is 0.695. The summed E-state index contributed by atoms with van der Waals surface area (Å²) in [6, 6.07) is 8.66. The Balaban J connectivity index is 2.37. The Morgan fingerprint density at radius 2 is 1.86 bits per heavy atom. The van der Waals surface area contributed by atoms with Crippen LogP contribution in [0.2, 0.25) is 5.02 Å². The van der Waals surface area contributed by atoms with Crippen molar-refractivity contribution in [3.05, 3.63) is 58.9 Å². The maximum absolute atomic E-state index is 13.1. The molecule has 0 radical (unpaired) electrons. The van der Waals surface area contributed by atoms with Crippen molar-refractivity contribution >= 4 is 27.6 Å². The highest BCUT2D eigenvalue weighted by Gasteiger charge is 2.23. The number of halogens is 2. The summed E-state index contributed by atoms with van der Waals surface area (Å²) >= 11 is 6.09. The smallest absolute Gasteiger partial charge is 0.339 e. The second kappa shape index (κ2) is 10.0. The minimum atomic E-state index is -4.20. The van der Waals surface area contributed by atoms with Crippen molar-refractivity contribution in [1.82, 2.24) is 4.90 Å². The number of benzene rings is 2. The Hall–Kier alpha value is -2.16. The number of carbonyl (C=O) groups is 1. The number of hydrogen-bond donors (Lipinski definition) is 0.